The minimum atomic E-state index is -4.67. The van der Waals surface area contributed by atoms with Crippen molar-refractivity contribution < 1.29 is 22.5 Å². The Labute approximate surface area is 255 Å². The van der Waals surface area contributed by atoms with E-state index in [0.717, 1.165) is 36.4 Å². The molecule has 0 atom stereocenters. The summed E-state index contributed by atoms with van der Waals surface area (Å²) in [6.45, 7) is 2.25. The lowest BCUT2D eigenvalue weighted by molar-refractivity contribution is -0.116. The number of carbonyl (C=O) groups is 1. The fourth-order valence-corrected chi connectivity index (χ4v) is 5.39. The third-order valence-corrected chi connectivity index (χ3v) is 7.97. The number of aromatic amines is 1. The van der Waals surface area contributed by atoms with E-state index in [1.807, 2.05) is 0 Å². The fourth-order valence-electron chi connectivity index (χ4n) is 4.76. The maximum absolute atomic E-state index is 12.6. The van der Waals surface area contributed by atoms with E-state index in [0.29, 0.717) is 12.2 Å². The lowest BCUT2D eigenvalue weighted by atomic mass is 10.1. The summed E-state index contributed by atoms with van der Waals surface area (Å²) in [5.41, 5.74) is -0.363. The Kier molecular flexibility index (Phi) is 14.3. The molecule has 0 fully saturated rings. The molecule has 2 aromatic carbocycles. The van der Waals surface area contributed by atoms with E-state index >= 15 is 0 Å². The van der Waals surface area contributed by atoms with Gasteiger partial charge < -0.3 is 10.1 Å². The van der Waals surface area contributed by atoms with Crippen molar-refractivity contribution in [3.05, 3.63) is 77.1 Å². The van der Waals surface area contributed by atoms with Crippen molar-refractivity contribution in [1.82, 2.24) is 9.78 Å². The van der Waals surface area contributed by atoms with Gasteiger partial charge in [0, 0.05) is 12.5 Å². The van der Waals surface area contributed by atoms with Gasteiger partial charge in [0.1, 0.15) is 22.2 Å². The summed E-state index contributed by atoms with van der Waals surface area (Å²) in [7, 11) is -4.67. The van der Waals surface area contributed by atoms with Crippen molar-refractivity contribution in [2.75, 3.05) is 5.32 Å². The smallest absolute Gasteiger partial charge is 0.298 e. The van der Waals surface area contributed by atoms with Crippen LogP contribution < -0.4 is 15.6 Å². The van der Waals surface area contributed by atoms with Gasteiger partial charge in [0.2, 0.25) is 5.91 Å². The van der Waals surface area contributed by atoms with Crippen molar-refractivity contribution in [2.45, 2.75) is 102 Å². The SMILES string of the molecule is CCCCCCCCCCCC=CCCCCC(=O)Nc1cc(=O)n(-c2ccc(Oc3ccccc3)c(S(=O)(=O)O)c2)[nH]1. The molecule has 0 saturated carbocycles. The molecular formula is C33H45N3O6S. The van der Waals surface area contributed by atoms with Crippen LogP contribution in [0, 0.1) is 0 Å². The number of carbonyl (C=O) groups excluding carboxylic acids is 1. The van der Waals surface area contributed by atoms with Crippen molar-refractivity contribution in [2.24, 2.45) is 0 Å². The van der Waals surface area contributed by atoms with Crippen molar-refractivity contribution in [1.29, 1.82) is 0 Å². The number of unbranched alkanes of at least 4 members (excludes halogenated alkanes) is 11. The Morgan fingerprint density at radius 3 is 2.16 bits per heavy atom. The summed E-state index contributed by atoms with van der Waals surface area (Å²) < 4.78 is 40.6. The molecule has 0 unspecified atom stereocenters. The highest BCUT2D eigenvalue weighted by molar-refractivity contribution is 7.86. The number of anilines is 1. The van der Waals surface area contributed by atoms with Gasteiger partial charge in [0.15, 0.2) is 0 Å². The van der Waals surface area contributed by atoms with Crippen LogP contribution in [0.15, 0.2) is 76.4 Å². The Hall–Kier alpha value is -3.63. The summed E-state index contributed by atoms with van der Waals surface area (Å²) in [6.07, 6.45) is 20.4. The average Bonchev–Trinajstić information content (AvgIpc) is 3.34. The van der Waals surface area contributed by atoms with Crippen LogP contribution in [0.25, 0.3) is 5.69 Å². The van der Waals surface area contributed by atoms with E-state index in [2.05, 4.69) is 29.5 Å². The normalized spacial score (nSPS) is 11.7. The van der Waals surface area contributed by atoms with Gasteiger partial charge in [0.05, 0.1) is 5.69 Å². The van der Waals surface area contributed by atoms with Crippen LogP contribution in [-0.4, -0.2) is 28.7 Å². The van der Waals surface area contributed by atoms with E-state index in [9.17, 15) is 22.6 Å². The molecule has 0 aliphatic carbocycles. The summed E-state index contributed by atoms with van der Waals surface area (Å²) in [4.78, 5) is 24.5. The molecule has 0 aliphatic rings. The molecule has 0 bridgehead atoms. The lowest BCUT2D eigenvalue weighted by Gasteiger charge is -2.11. The van der Waals surface area contributed by atoms with Gasteiger partial charge in [-0.05, 0) is 62.4 Å². The maximum atomic E-state index is 12.6. The number of allylic oxidation sites excluding steroid dienone is 2. The molecule has 3 rings (SSSR count). The second-order valence-corrected chi connectivity index (χ2v) is 12.1. The summed E-state index contributed by atoms with van der Waals surface area (Å²) in [5, 5.41) is 5.46. The van der Waals surface area contributed by atoms with Gasteiger partial charge in [-0.2, -0.15) is 8.42 Å². The number of ether oxygens (including phenoxy) is 1. The largest absolute Gasteiger partial charge is 0.456 e. The number of H-pyrrole nitrogens is 1. The first-order chi connectivity index (χ1) is 20.8. The number of amides is 1. The predicted octanol–water partition coefficient (Wildman–Crippen LogP) is 8.18. The summed E-state index contributed by atoms with van der Waals surface area (Å²) >= 11 is 0. The average molecular weight is 612 g/mol. The van der Waals surface area contributed by atoms with Crippen LogP contribution >= 0.6 is 0 Å². The molecule has 9 nitrogen and oxygen atoms in total. The molecule has 0 aliphatic heterocycles. The highest BCUT2D eigenvalue weighted by atomic mass is 32.2. The number of nitrogens with zero attached hydrogens (tertiary/aromatic N) is 1. The Balaban J connectivity index is 1.41. The second kappa shape index (κ2) is 18.1. The van der Waals surface area contributed by atoms with Gasteiger partial charge >= 0.3 is 0 Å². The molecule has 43 heavy (non-hydrogen) atoms. The van der Waals surface area contributed by atoms with Gasteiger partial charge in [0.25, 0.3) is 15.7 Å². The van der Waals surface area contributed by atoms with Crippen LogP contribution in [0.3, 0.4) is 0 Å². The molecule has 0 radical (unpaired) electrons. The zero-order valence-corrected chi connectivity index (χ0v) is 25.9. The zero-order valence-electron chi connectivity index (χ0n) is 25.1. The Morgan fingerprint density at radius 2 is 1.51 bits per heavy atom. The van der Waals surface area contributed by atoms with Crippen LogP contribution in [0.2, 0.25) is 0 Å². The first-order valence-electron chi connectivity index (χ1n) is 15.4. The molecule has 234 valence electrons. The predicted molar refractivity (Wildman–Crippen MR) is 171 cm³/mol. The number of benzene rings is 2. The first-order valence-corrected chi connectivity index (χ1v) is 16.8. The number of aromatic nitrogens is 2. The number of rotatable bonds is 20. The monoisotopic (exact) mass is 611 g/mol. The van der Waals surface area contributed by atoms with E-state index in [-0.39, 0.29) is 23.2 Å². The Morgan fingerprint density at radius 1 is 0.884 bits per heavy atom. The van der Waals surface area contributed by atoms with Gasteiger partial charge in [-0.15, -0.1) is 0 Å². The third-order valence-electron chi connectivity index (χ3n) is 7.09. The molecular weight excluding hydrogens is 566 g/mol. The standard InChI is InChI=1S/C33H45N3O6S/c1-2-3-4-5-6-7-8-9-10-11-12-13-14-15-19-22-32(37)34-31-26-33(38)36(35-31)27-23-24-29(30(25-27)43(39,40)41)42-28-20-17-16-18-21-28/h12-13,16-18,20-21,23-26,35H,2-11,14-15,19,22H2,1H3,(H,34,37)(H,39,40,41). The second-order valence-electron chi connectivity index (χ2n) is 10.7. The van der Waals surface area contributed by atoms with E-state index < -0.39 is 20.6 Å². The molecule has 0 spiro atoms. The van der Waals surface area contributed by atoms with Crippen LogP contribution in [0.5, 0.6) is 11.5 Å². The first kappa shape index (κ1) is 33.9. The Bertz CT molecular complexity index is 1460. The summed E-state index contributed by atoms with van der Waals surface area (Å²) in [6, 6.07) is 13.7. The number of para-hydroxylation sites is 1. The van der Waals surface area contributed by atoms with Gasteiger partial charge in [-0.3, -0.25) is 19.2 Å². The molecule has 1 aromatic heterocycles. The highest BCUT2D eigenvalue weighted by Gasteiger charge is 2.20. The molecule has 3 aromatic rings. The third kappa shape index (κ3) is 12.2. The maximum Gasteiger partial charge on any atom is 0.298 e. The quantitative estimate of drug-likeness (QED) is 0.0671. The molecule has 3 N–H and O–H groups in total. The van der Waals surface area contributed by atoms with Crippen molar-refractivity contribution in [3.8, 4) is 17.2 Å². The molecule has 1 heterocycles. The van der Waals surface area contributed by atoms with E-state index in [4.69, 9.17) is 4.74 Å². The number of hydrogen-bond acceptors (Lipinski definition) is 5. The van der Waals surface area contributed by atoms with Crippen LogP contribution in [0.1, 0.15) is 96.8 Å². The van der Waals surface area contributed by atoms with Gasteiger partial charge in [-0.25, -0.2) is 4.68 Å². The van der Waals surface area contributed by atoms with Crippen molar-refractivity contribution >= 4 is 21.8 Å². The molecule has 0 saturated heterocycles. The topological polar surface area (TPSA) is 130 Å². The van der Waals surface area contributed by atoms with Crippen molar-refractivity contribution in [3.63, 3.8) is 0 Å². The highest BCUT2D eigenvalue weighted by Crippen LogP contribution is 2.30. The van der Waals surface area contributed by atoms with E-state index in [1.165, 1.54) is 76.0 Å². The number of hydrogen-bond donors (Lipinski definition) is 3. The molecule has 10 heteroatoms. The van der Waals surface area contributed by atoms with E-state index in [1.54, 1.807) is 30.3 Å². The van der Waals surface area contributed by atoms with Gasteiger partial charge in [-0.1, -0.05) is 88.6 Å². The number of nitrogens with one attached hydrogen (secondary N) is 2. The lowest BCUT2D eigenvalue weighted by Crippen LogP contribution is -2.14. The van der Waals surface area contributed by atoms with Crippen LogP contribution in [-0.2, 0) is 14.9 Å². The van der Waals surface area contributed by atoms with Crippen LogP contribution in [0.4, 0.5) is 5.82 Å². The fraction of sp³-hybridized carbons (Fsp3) is 0.455. The molecule has 1 amide bonds. The summed E-state index contributed by atoms with van der Waals surface area (Å²) in [5.74, 6) is 0.252. The zero-order chi connectivity index (χ0) is 30.9. The minimum Gasteiger partial charge on any atom is -0.456 e. The minimum absolute atomic E-state index is 0.0936.